The number of carbonyl (C=O) groups excluding carboxylic acids is 1. The van der Waals surface area contributed by atoms with Gasteiger partial charge in [0.05, 0.1) is 12.0 Å². The van der Waals surface area contributed by atoms with Crippen molar-refractivity contribution in [3.8, 4) is 0 Å². The summed E-state index contributed by atoms with van der Waals surface area (Å²) >= 11 is 0. The third-order valence-electron chi connectivity index (χ3n) is 1.93. The summed E-state index contributed by atoms with van der Waals surface area (Å²) in [4.78, 5) is 10.9. The largest absolute Gasteiger partial charge is 0.468 e. The van der Waals surface area contributed by atoms with Crippen molar-refractivity contribution >= 4 is 16.0 Å². The molecule has 16 heavy (non-hydrogen) atoms. The molecule has 0 spiro atoms. The number of hydrogen-bond donors (Lipinski definition) is 1. The lowest BCUT2D eigenvalue weighted by atomic mass is 10.2. The van der Waals surface area contributed by atoms with E-state index in [-0.39, 0.29) is 11.4 Å². The summed E-state index contributed by atoms with van der Waals surface area (Å²) in [6.07, 6.45) is 0. The van der Waals surface area contributed by atoms with Crippen molar-refractivity contribution in [3.05, 3.63) is 29.8 Å². The second-order valence-electron chi connectivity index (χ2n) is 3.22. The maximum Gasteiger partial charge on any atom is 0.320 e. The molecule has 0 aromatic heterocycles. The molecule has 0 saturated carbocycles. The lowest BCUT2D eigenvalue weighted by Crippen LogP contribution is -2.30. The molecule has 88 valence electrons. The molecule has 5 nitrogen and oxygen atoms in total. The summed E-state index contributed by atoms with van der Waals surface area (Å²) in [6.45, 7) is 1.42. The topological polar surface area (TPSA) is 72.5 Å². The Morgan fingerprint density at radius 1 is 1.44 bits per heavy atom. The Morgan fingerprint density at radius 2 is 2.12 bits per heavy atom. The van der Waals surface area contributed by atoms with Gasteiger partial charge in [-0.15, -0.1) is 0 Å². The fraction of sp³-hybridized carbons (Fsp3) is 0.300. The van der Waals surface area contributed by atoms with Crippen LogP contribution in [0.3, 0.4) is 0 Å². The fourth-order valence-corrected chi connectivity index (χ4v) is 2.17. The zero-order chi connectivity index (χ0) is 12.2. The molecule has 0 bridgehead atoms. The maximum atomic E-state index is 11.7. The second-order valence-corrected chi connectivity index (χ2v) is 4.98. The van der Waals surface area contributed by atoms with Gasteiger partial charge in [0, 0.05) is 0 Å². The predicted octanol–water partition coefficient (Wildman–Crippen LogP) is 0.446. The van der Waals surface area contributed by atoms with Crippen LogP contribution in [0, 0.1) is 6.92 Å². The third kappa shape index (κ3) is 3.32. The van der Waals surface area contributed by atoms with Crippen LogP contribution in [0.2, 0.25) is 0 Å². The number of carbonyl (C=O) groups is 1. The van der Waals surface area contributed by atoms with Crippen LogP contribution in [-0.2, 0) is 19.6 Å². The monoisotopic (exact) mass is 243 g/mol. The Hall–Kier alpha value is -1.40. The number of ether oxygens (including phenoxy) is 1. The molecule has 1 aromatic carbocycles. The highest BCUT2D eigenvalue weighted by atomic mass is 32.2. The first-order valence-electron chi connectivity index (χ1n) is 4.59. The molecule has 1 rings (SSSR count). The second kappa shape index (κ2) is 5.09. The molecular weight excluding hydrogens is 230 g/mol. The van der Waals surface area contributed by atoms with E-state index in [4.69, 9.17) is 0 Å². The quantitative estimate of drug-likeness (QED) is 0.779. The Bertz CT molecular complexity index is 481. The van der Waals surface area contributed by atoms with Gasteiger partial charge in [0.25, 0.3) is 0 Å². The van der Waals surface area contributed by atoms with E-state index in [2.05, 4.69) is 9.46 Å². The average molecular weight is 243 g/mol. The molecule has 0 aliphatic heterocycles. The van der Waals surface area contributed by atoms with E-state index < -0.39 is 16.0 Å². The van der Waals surface area contributed by atoms with E-state index in [1.807, 2.05) is 0 Å². The predicted molar refractivity (Wildman–Crippen MR) is 58.4 cm³/mol. The molecule has 1 aromatic rings. The highest BCUT2D eigenvalue weighted by molar-refractivity contribution is 7.89. The minimum atomic E-state index is -3.64. The average Bonchev–Trinajstić information content (AvgIpc) is 2.26. The minimum absolute atomic E-state index is 0.136. The Labute approximate surface area is 94.5 Å². The summed E-state index contributed by atoms with van der Waals surface area (Å²) in [7, 11) is -2.44. The zero-order valence-corrected chi connectivity index (χ0v) is 9.87. The molecular formula is C10H13NO4S. The molecule has 0 aliphatic rings. The number of methoxy groups -OCH3 is 1. The van der Waals surface area contributed by atoms with Gasteiger partial charge in [-0.05, 0) is 24.6 Å². The van der Waals surface area contributed by atoms with Crippen molar-refractivity contribution in [2.75, 3.05) is 13.7 Å². The third-order valence-corrected chi connectivity index (χ3v) is 3.33. The molecule has 6 heteroatoms. The molecule has 0 atom stereocenters. The summed E-state index contributed by atoms with van der Waals surface area (Å²) in [5.74, 6) is -0.628. The molecule has 0 heterocycles. The van der Waals surface area contributed by atoms with Crippen LogP contribution in [0.5, 0.6) is 0 Å². The molecule has 0 radical (unpaired) electrons. The van der Waals surface area contributed by atoms with Crippen LogP contribution in [0.25, 0.3) is 0 Å². The van der Waals surface area contributed by atoms with E-state index in [0.29, 0.717) is 0 Å². The number of esters is 1. The van der Waals surface area contributed by atoms with Crippen LogP contribution < -0.4 is 4.72 Å². The highest BCUT2D eigenvalue weighted by Gasteiger charge is 2.15. The number of nitrogens with one attached hydrogen (secondary N) is 1. The van der Waals surface area contributed by atoms with Crippen LogP contribution in [0.1, 0.15) is 5.56 Å². The number of hydrogen-bond acceptors (Lipinski definition) is 4. The van der Waals surface area contributed by atoms with Gasteiger partial charge in [-0.2, -0.15) is 4.72 Å². The van der Waals surface area contributed by atoms with Gasteiger partial charge < -0.3 is 4.74 Å². The van der Waals surface area contributed by atoms with E-state index in [1.54, 1.807) is 19.1 Å². The van der Waals surface area contributed by atoms with Crippen molar-refractivity contribution in [1.29, 1.82) is 0 Å². The maximum absolute atomic E-state index is 11.7. The van der Waals surface area contributed by atoms with E-state index >= 15 is 0 Å². The van der Waals surface area contributed by atoms with Gasteiger partial charge >= 0.3 is 5.97 Å². The first-order valence-corrected chi connectivity index (χ1v) is 6.07. The summed E-state index contributed by atoms with van der Waals surface area (Å²) < 4.78 is 29.9. The van der Waals surface area contributed by atoms with Gasteiger partial charge in [-0.25, -0.2) is 8.42 Å². The fourth-order valence-electron chi connectivity index (χ4n) is 1.09. The number of rotatable bonds is 4. The summed E-state index contributed by atoms with van der Waals surface area (Å²) in [5.41, 5.74) is 0.834. The van der Waals surface area contributed by atoms with Crippen LogP contribution in [0.15, 0.2) is 29.2 Å². The summed E-state index contributed by atoms with van der Waals surface area (Å²) in [6, 6.07) is 6.42. The van der Waals surface area contributed by atoms with Crippen LogP contribution in [-0.4, -0.2) is 28.0 Å². The molecule has 1 N–H and O–H groups in total. The van der Waals surface area contributed by atoms with Crippen molar-refractivity contribution in [2.24, 2.45) is 0 Å². The Kier molecular flexibility index (Phi) is 4.03. The van der Waals surface area contributed by atoms with Crippen LogP contribution in [0.4, 0.5) is 0 Å². The standard InChI is InChI=1S/C10H13NO4S/c1-8-4-3-5-9(6-8)16(13,14)11-7-10(12)15-2/h3-6,11H,7H2,1-2H3. The normalized spacial score (nSPS) is 11.1. The number of sulfonamides is 1. The Balaban J connectivity index is 2.82. The van der Waals surface area contributed by atoms with Gasteiger partial charge in [-0.3, -0.25) is 4.79 Å². The van der Waals surface area contributed by atoms with Crippen molar-refractivity contribution in [1.82, 2.24) is 4.72 Å². The van der Waals surface area contributed by atoms with Crippen molar-refractivity contribution in [3.63, 3.8) is 0 Å². The van der Waals surface area contributed by atoms with E-state index in [1.165, 1.54) is 19.2 Å². The number of aryl methyl sites for hydroxylation is 1. The smallest absolute Gasteiger partial charge is 0.320 e. The molecule has 0 fully saturated rings. The lowest BCUT2D eigenvalue weighted by molar-refractivity contribution is -0.139. The zero-order valence-electron chi connectivity index (χ0n) is 9.06. The first-order chi connectivity index (χ1) is 7.45. The van der Waals surface area contributed by atoms with Gasteiger partial charge in [-0.1, -0.05) is 12.1 Å². The Morgan fingerprint density at radius 3 is 2.69 bits per heavy atom. The highest BCUT2D eigenvalue weighted by Crippen LogP contribution is 2.10. The molecule has 0 amide bonds. The van der Waals surface area contributed by atoms with Crippen LogP contribution >= 0.6 is 0 Å². The molecule has 0 saturated heterocycles. The SMILES string of the molecule is COC(=O)CNS(=O)(=O)c1cccc(C)c1. The minimum Gasteiger partial charge on any atom is -0.468 e. The van der Waals surface area contributed by atoms with E-state index in [9.17, 15) is 13.2 Å². The number of benzene rings is 1. The molecule has 0 unspecified atom stereocenters. The lowest BCUT2D eigenvalue weighted by Gasteiger charge is -2.06. The molecule has 0 aliphatic carbocycles. The van der Waals surface area contributed by atoms with Gasteiger partial charge in [0.1, 0.15) is 6.54 Å². The van der Waals surface area contributed by atoms with Gasteiger partial charge in [0.15, 0.2) is 0 Å². The summed E-state index contributed by atoms with van der Waals surface area (Å²) in [5, 5.41) is 0. The van der Waals surface area contributed by atoms with Crippen molar-refractivity contribution in [2.45, 2.75) is 11.8 Å². The van der Waals surface area contributed by atoms with E-state index in [0.717, 1.165) is 5.56 Å². The first kappa shape index (κ1) is 12.7. The van der Waals surface area contributed by atoms with Gasteiger partial charge in [0.2, 0.25) is 10.0 Å². The van der Waals surface area contributed by atoms with Crippen molar-refractivity contribution < 1.29 is 17.9 Å².